The van der Waals surface area contributed by atoms with E-state index in [9.17, 15) is 0 Å². The molecule has 2 nitrogen and oxygen atoms in total. The van der Waals surface area contributed by atoms with Crippen molar-refractivity contribution in [3.05, 3.63) is 23.3 Å². The van der Waals surface area contributed by atoms with Crippen LogP contribution in [0.5, 0.6) is 0 Å². The summed E-state index contributed by atoms with van der Waals surface area (Å²) in [5.74, 6) is 0. The lowest BCUT2D eigenvalue weighted by atomic mass is 9.91. The van der Waals surface area contributed by atoms with E-state index in [0.717, 1.165) is 18.4 Å². The van der Waals surface area contributed by atoms with Crippen LogP contribution in [0.15, 0.2) is 28.3 Å². The van der Waals surface area contributed by atoms with Gasteiger partial charge in [-0.05, 0) is 44.4 Å². The molecule has 1 heterocycles. The van der Waals surface area contributed by atoms with E-state index in [2.05, 4.69) is 25.8 Å². The normalized spacial score (nSPS) is 27.6. The molecule has 0 bridgehead atoms. The van der Waals surface area contributed by atoms with Gasteiger partial charge in [-0.1, -0.05) is 31.0 Å². The van der Waals surface area contributed by atoms with Gasteiger partial charge in [0.15, 0.2) is 0 Å². The van der Waals surface area contributed by atoms with Gasteiger partial charge in [0.05, 0.1) is 12.2 Å². The van der Waals surface area contributed by atoms with Crippen LogP contribution in [0.25, 0.3) is 0 Å². The molecule has 2 atom stereocenters. The van der Waals surface area contributed by atoms with Crippen molar-refractivity contribution in [1.29, 1.82) is 0 Å². The number of allylic oxidation sites excluding steroid dienone is 1. The summed E-state index contributed by atoms with van der Waals surface area (Å²) in [6, 6.07) is 0. The molecule has 0 aromatic carbocycles. The Morgan fingerprint density at radius 1 is 1.59 bits per heavy atom. The quantitative estimate of drug-likeness (QED) is 0.314. The molecule has 0 saturated heterocycles. The summed E-state index contributed by atoms with van der Waals surface area (Å²) >= 11 is 5.99. The van der Waals surface area contributed by atoms with Crippen LogP contribution in [-0.4, -0.2) is 23.9 Å². The average Bonchev–Trinajstić information content (AvgIpc) is 2.55. The van der Waals surface area contributed by atoms with Crippen LogP contribution in [0.3, 0.4) is 0 Å². The minimum Gasteiger partial charge on any atom is -0.366 e. The van der Waals surface area contributed by atoms with Crippen molar-refractivity contribution in [2.45, 2.75) is 51.6 Å². The van der Waals surface area contributed by atoms with Crippen molar-refractivity contribution in [2.75, 3.05) is 6.61 Å². The number of hydrogen-bond acceptors (Lipinski definition) is 2. The fourth-order valence-electron chi connectivity index (χ4n) is 2.03. The molecular formula is C14H22ClNO. The van der Waals surface area contributed by atoms with E-state index in [1.54, 1.807) is 0 Å². The van der Waals surface area contributed by atoms with Gasteiger partial charge in [-0.25, -0.2) is 0 Å². The number of ether oxygens (including phenoxy) is 1. The number of nitrogens with zero attached hydrogens (tertiary/aromatic N) is 1. The van der Waals surface area contributed by atoms with E-state index in [4.69, 9.17) is 16.3 Å². The number of halogens is 1. The zero-order valence-corrected chi connectivity index (χ0v) is 11.9. The molecule has 1 aliphatic heterocycles. The van der Waals surface area contributed by atoms with E-state index in [1.165, 1.54) is 5.57 Å². The highest BCUT2D eigenvalue weighted by molar-refractivity contribution is 6.22. The van der Waals surface area contributed by atoms with Gasteiger partial charge in [0, 0.05) is 6.21 Å². The van der Waals surface area contributed by atoms with E-state index < -0.39 is 0 Å². The molecule has 1 rings (SSSR count). The highest BCUT2D eigenvalue weighted by Crippen LogP contribution is 2.34. The Bertz CT molecular complexity index is 346. The zero-order valence-electron chi connectivity index (χ0n) is 11.2. The molecule has 3 heteroatoms. The van der Waals surface area contributed by atoms with E-state index in [-0.39, 0.29) is 11.1 Å². The molecule has 0 N–H and O–H groups in total. The van der Waals surface area contributed by atoms with Crippen LogP contribution < -0.4 is 0 Å². The standard InChI is InChI=1S/C14H22ClNO/c1-5-7-13(15)16-9-12-10-17-14(4,8-6-2)11(12)3/h5,7,9,13H,6,8,10H2,1-4H3/b7-5+,16-9?. The van der Waals surface area contributed by atoms with Gasteiger partial charge >= 0.3 is 0 Å². The molecule has 0 radical (unpaired) electrons. The van der Waals surface area contributed by atoms with Crippen molar-refractivity contribution in [3.63, 3.8) is 0 Å². The van der Waals surface area contributed by atoms with Crippen molar-refractivity contribution in [3.8, 4) is 0 Å². The summed E-state index contributed by atoms with van der Waals surface area (Å²) in [5, 5.41) is 0. The number of hydrogen-bond donors (Lipinski definition) is 0. The van der Waals surface area contributed by atoms with Crippen LogP contribution in [0, 0.1) is 0 Å². The fraction of sp³-hybridized carbons (Fsp3) is 0.643. The lowest BCUT2D eigenvalue weighted by molar-refractivity contribution is 0.0260. The first-order chi connectivity index (χ1) is 8.03. The molecule has 0 aromatic heterocycles. The van der Waals surface area contributed by atoms with Gasteiger partial charge in [-0.2, -0.15) is 0 Å². The van der Waals surface area contributed by atoms with Crippen LogP contribution in [0.1, 0.15) is 40.5 Å². The van der Waals surface area contributed by atoms with Gasteiger partial charge in [0.1, 0.15) is 5.50 Å². The summed E-state index contributed by atoms with van der Waals surface area (Å²) in [7, 11) is 0. The Hall–Kier alpha value is -0.600. The second kappa shape index (κ2) is 6.36. The monoisotopic (exact) mass is 255 g/mol. The topological polar surface area (TPSA) is 21.6 Å². The van der Waals surface area contributed by atoms with E-state index in [0.29, 0.717) is 6.61 Å². The van der Waals surface area contributed by atoms with E-state index >= 15 is 0 Å². The Morgan fingerprint density at radius 3 is 2.88 bits per heavy atom. The largest absolute Gasteiger partial charge is 0.366 e. The van der Waals surface area contributed by atoms with Crippen molar-refractivity contribution >= 4 is 17.8 Å². The lowest BCUT2D eigenvalue weighted by Crippen LogP contribution is -2.25. The molecule has 17 heavy (non-hydrogen) atoms. The molecule has 0 fully saturated rings. The number of rotatable bonds is 5. The Morgan fingerprint density at radius 2 is 2.29 bits per heavy atom. The lowest BCUT2D eigenvalue weighted by Gasteiger charge is -2.24. The smallest absolute Gasteiger partial charge is 0.141 e. The van der Waals surface area contributed by atoms with Gasteiger partial charge in [0.2, 0.25) is 0 Å². The van der Waals surface area contributed by atoms with Crippen LogP contribution in [-0.2, 0) is 4.74 Å². The summed E-state index contributed by atoms with van der Waals surface area (Å²) in [6.07, 6.45) is 7.79. The Balaban J connectivity index is 2.75. The maximum absolute atomic E-state index is 5.99. The van der Waals surface area contributed by atoms with Crippen LogP contribution >= 0.6 is 11.6 Å². The third kappa shape index (κ3) is 3.68. The molecule has 0 aliphatic carbocycles. The summed E-state index contributed by atoms with van der Waals surface area (Å²) < 4.78 is 5.87. The second-order valence-electron chi connectivity index (χ2n) is 4.60. The van der Waals surface area contributed by atoms with Crippen molar-refractivity contribution < 1.29 is 4.74 Å². The SMILES string of the molecule is C/C=C/C(Cl)N=CC1=C(C)C(C)(CCC)OC1. The minimum atomic E-state index is -0.279. The average molecular weight is 256 g/mol. The third-order valence-corrected chi connectivity index (χ3v) is 3.53. The van der Waals surface area contributed by atoms with Crippen molar-refractivity contribution in [1.82, 2.24) is 0 Å². The zero-order chi connectivity index (χ0) is 12.9. The first kappa shape index (κ1) is 14.5. The summed E-state index contributed by atoms with van der Waals surface area (Å²) in [5.41, 5.74) is 2.06. The first-order valence-electron chi connectivity index (χ1n) is 6.17. The third-order valence-electron chi connectivity index (χ3n) is 3.27. The number of aliphatic imine (C=N–C) groups is 1. The molecule has 0 saturated carbocycles. The van der Waals surface area contributed by atoms with Gasteiger partial charge in [-0.15, -0.1) is 0 Å². The second-order valence-corrected chi connectivity index (χ2v) is 5.04. The molecule has 2 unspecified atom stereocenters. The number of alkyl halides is 1. The van der Waals surface area contributed by atoms with E-state index in [1.807, 2.05) is 25.3 Å². The molecule has 0 amide bonds. The molecule has 0 spiro atoms. The first-order valence-corrected chi connectivity index (χ1v) is 6.61. The summed E-state index contributed by atoms with van der Waals surface area (Å²) in [6.45, 7) is 9.03. The molecule has 0 aromatic rings. The van der Waals surface area contributed by atoms with Gasteiger partial charge in [-0.3, -0.25) is 4.99 Å². The molecule has 1 aliphatic rings. The Kier molecular flexibility index (Phi) is 5.41. The maximum Gasteiger partial charge on any atom is 0.141 e. The molecular weight excluding hydrogens is 234 g/mol. The summed E-state index contributed by atoms with van der Waals surface area (Å²) in [4.78, 5) is 4.29. The predicted molar refractivity (Wildman–Crippen MR) is 74.9 cm³/mol. The van der Waals surface area contributed by atoms with Gasteiger partial charge < -0.3 is 4.74 Å². The minimum absolute atomic E-state index is 0.113. The van der Waals surface area contributed by atoms with Gasteiger partial charge in [0.25, 0.3) is 0 Å². The highest BCUT2D eigenvalue weighted by Gasteiger charge is 2.33. The fourth-order valence-corrected chi connectivity index (χ4v) is 2.24. The van der Waals surface area contributed by atoms with Crippen LogP contribution in [0.4, 0.5) is 0 Å². The van der Waals surface area contributed by atoms with Crippen molar-refractivity contribution in [2.24, 2.45) is 4.99 Å². The highest BCUT2D eigenvalue weighted by atomic mass is 35.5. The van der Waals surface area contributed by atoms with Crippen LogP contribution in [0.2, 0.25) is 0 Å². The molecule has 96 valence electrons. The predicted octanol–water partition coefficient (Wildman–Crippen LogP) is 4.10. The Labute approximate surface area is 109 Å². The maximum atomic E-state index is 5.99.